The van der Waals surface area contributed by atoms with Gasteiger partial charge in [0, 0.05) is 12.6 Å². The average molecular weight is 297 g/mol. The summed E-state index contributed by atoms with van der Waals surface area (Å²) in [5, 5.41) is 4.88. The Kier molecular flexibility index (Phi) is 4.42. The summed E-state index contributed by atoms with van der Waals surface area (Å²) in [5.74, 6) is 5.40. The van der Waals surface area contributed by atoms with Crippen molar-refractivity contribution in [3.8, 4) is 0 Å². The number of benzene rings is 1. The van der Waals surface area contributed by atoms with Crippen molar-refractivity contribution in [1.29, 1.82) is 0 Å². The van der Waals surface area contributed by atoms with E-state index >= 15 is 0 Å². The van der Waals surface area contributed by atoms with E-state index in [2.05, 4.69) is 10.5 Å². The van der Waals surface area contributed by atoms with E-state index in [1.165, 1.54) is 12.1 Å². The van der Waals surface area contributed by atoms with Crippen LogP contribution in [0.4, 0.5) is 4.39 Å². The molecule has 3 N–H and O–H groups in total. The summed E-state index contributed by atoms with van der Waals surface area (Å²) in [4.78, 5) is 0. The van der Waals surface area contributed by atoms with Gasteiger partial charge in [-0.3, -0.25) is 16.0 Å². The molecule has 0 radical (unpaired) electrons. The normalized spacial score (nSPS) is 12.7. The van der Waals surface area contributed by atoms with Crippen LogP contribution >= 0.6 is 11.6 Å². The molecule has 0 saturated heterocycles. The van der Waals surface area contributed by atoms with Crippen LogP contribution in [0.15, 0.2) is 18.2 Å². The molecule has 2 rings (SSSR count). The lowest BCUT2D eigenvalue weighted by molar-refractivity contribution is 0.545. The maximum atomic E-state index is 13.2. The fraction of sp³-hybridized carbons (Fsp3) is 0.357. The van der Waals surface area contributed by atoms with Crippen molar-refractivity contribution in [2.45, 2.75) is 26.3 Å². The number of aryl methyl sites for hydroxylation is 3. The summed E-state index contributed by atoms with van der Waals surface area (Å²) in [6, 6.07) is 4.53. The summed E-state index contributed by atoms with van der Waals surface area (Å²) >= 11 is 6.24. The molecule has 1 heterocycles. The van der Waals surface area contributed by atoms with E-state index < -0.39 is 0 Å². The molecule has 0 aliphatic rings. The molecule has 1 atom stereocenters. The van der Waals surface area contributed by atoms with Gasteiger partial charge in [-0.1, -0.05) is 17.7 Å². The highest BCUT2D eigenvalue weighted by molar-refractivity contribution is 6.30. The number of aromatic nitrogens is 2. The first-order valence-corrected chi connectivity index (χ1v) is 6.72. The maximum absolute atomic E-state index is 13.2. The Hall–Kier alpha value is -1.43. The van der Waals surface area contributed by atoms with Crippen LogP contribution in [-0.4, -0.2) is 9.78 Å². The molecule has 20 heavy (non-hydrogen) atoms. The first-order chi connectivity index (χ1) is 9.43. The van der Waals surface area contributed by atoms with Gasteiger partial charge in [-0.05, 0) is 43.5 Å². The number of hydrogen-bond donors (Lipinski definition) is 2. The lowest BCUT2D eigenvalue weighted by Crippen LogP contribution is -2.30. The van der Waals surface area contributed by atoms with Crippen LogP contribution in [0.3, 0.4) is 0 Å². The molecule has 0 aliphatic heterocycles. The molecule has 0 fully saturated rings. The molecule has 1 aromatic heterocycles. The van der Waals surface area contributed by atoms with Gasteiger partial charge in [-0.25, -0.2) is 4.39 Å². The first-order valence-electron chi connectivity index (χ1n) is 6.34. The van der Waals surface area contributed by atoms with Gasteiger partial charge in [-0.2, -0.15) is 5.10 Å². The fourth-order valence-corrected chi connectivity index (χ4v) is 2.65. The summed E-state index contributed by atoms with van der Waals surface area (Å²) in [5.41, 5.74) is 6.40. The van der Waals surface area contributed by atoms with Crippen molar-refractivity contribution in [3.63, 3.8) is 0 Å². The Morgan fingerprint density at radius 2 is 2.15 bits per heavy atom. The molecule has 108 valence electrons. The Morgan fingerprint density at radius 3 is 2.65 bits per heavy atom. The molecule has 1 unspecified atom stereocenters. The summed E-state index contributed by atoms with van der Waals surface area (Å²) in [7, 11) is 1.80. The Morgan fingerprint density at radius 1 is 1.45 bits per heavy atom. The third-order valence-corrected chi connectivity index (χ3v) is 3.96. The number of rotatable bonds is 4. The van der Waals surface area contributed by atoms with E-state index in [-0.39, 0.29) is 11.9 Å². The highest BCUT2D eigenvalue weighted by Crippen LogP contribution is 2.27. The van der Waals surface area contributed by atoms with Crippen LogP contribution in [0.5, 0.6) is 0 Å². The molecular weight excluding hydrogens is 279 g/mol. The number of nitrogens with zero attached hydrogens (tertiary/aromatic N) is 2. The summed E-state index contributed by atoms with van der Waals surface area (Å²) in [6.07, 6.45) is 0.599. The van der Waals surface area contributed by atoms with Gasteiger partial charge in [0.25, 0.3) is 0 Å². The predicted octanol–water partition coefficient (Wildman–Crippen LogP) is 2.58. The Labute approximate surface area is 122 Å². The molecular formula is C14H18ClFN4. The van der Waals surface area contributed by atoms with Crippen LogP contribution in [-0.2, 0) is 13.5 Å². The monoisotopic (exact) mass is 296 g/mol. The number of nitrogens with one attached hydrogen (secondary N) is 1. The lowest BCUT2D eigenvalue weighted by Gasteiger charge is -2.18. The number of halogens is 2. The van der Waals surface area contributed by atoms with E-state index in [1.807, 2.05) is 13.8 Å². The number of nitrogens with two attached hydrogens (primary N) is 1. The molecule has 6 heteroatoms. The Balaban J connectivity index is 2.33. The van der Waals surface area contributed by atoms with Crippen LogP contribution < -0.4 is 11.3 Å². The minimum atomic E-state index is -0.252. The van der Waals surface area contributed by atoms with Crippen molar-refractivity contribution in [2.75, 3.05) is 0 Å². The van der Waals surface area contributed by atoms with Gasteiger partial charge in [0.2, 0.25) is 0 Å². The van der Waals surface area contributed by atoms with Gasteiger partial charge >= 0.3 is 0 Å². The van der Waals surface area contributed by atoms with Crippen molar-refractivity contribution in [1.82, 2.24) is 15.2 Å². The van der Waals surface area contributed by atoms with Crippen LogP contribution in [0.1, 0.15) is 28.4 Å². The van der Waals surface area contributed by atoms with Crippen LogP contribution in [0.25, 0.3) is 0 Å². The first kappa shape index (κ1) is 15.0. The third kappa shape index (κ3) is 2.85. The second-order valence-corrected chi connectivity index (χ2v) is 5.26. The molecule has 4 nitrogen and oxygen atoms in total. The quantitative estimate of drug-likeness (QED) is 0.673. The molecule has 0 aliphatic carbocycles. The largest absolute Gasteiger partial charge is 0.271 e. The van der Waals surface area contributed by atoms with E-state index in [0.29, 0.717) is 11.6 Å². The van der Waals surface area contributed by atoms with Crippen LogP contribution in [0, 0.1) is 19.7 Å². The smallest absolute Gasteiger partial charge is 0.130 e. The van der Waals surface area contributed by atoms with Gasteiger partial charge in [0.05, 0.1) is 11.7 Å². The molecule has 0 amide bonds. The minimum Gasteiger partial charge on any atom is -0.271 e. The van der Waals surface area contributed by atoms with Crippen molar-refractivity contribution in [2.24, 2.45) is 12.9 Å². The van der Waals surface area contributed by atoms with Crippen LogP contribution in [0.2, 0.25) is 5.15 Å². The second-order valence-electron chi connectivity index (χ2n) is 4.90. The zero-order valence-electron chi connectivity index (χ0n) is 11.7. The highest BCUT2D eigenvalue weighted by atomic mass is 35.5. The van der Waals surface area contributed by atoms with Gasteiger partial charge in [0.1, 0.15) is 11.0 Å². The molecule has 2 aromatic rings. The zero-order chi connectivity index (χ0) is 14.9. The number of hydrazine groups is 1. The molecule has 0 saturated carbocycles. The van der Waals surface area contributed by atoms with Gasteiger partial charge < -0.3 is 0 Å². The van der Waals surface area contributed by atoms with Gasteiger partial charge in [-0.15, -0.1) is 0 Å². The van der Waals surface area contributed by atoms with E-state index in [1.54, 1.807) is 17.8 Å². The van der Waals surface area contributed by atoms with E-state index in [9.17, 15) is 4.39 Å². The fourth-order valence-electron chi connectivity index (χ4n) is 2.40. The average Bonchev–Trinajstić information content (AvgIpc) is 2.62. The molecule has 0 bridgehead atoms. The maximum Gasteiger partial charge on any atom is 0.130 e. The summed E-state index contributed by atoms with van der Waals surface area (Å²) < 4.78 is 14.8. The van der Waals surface area contributed by atoms with E-state index in [4.69, 9.17) is 17.4 Å². The second kappa shape index (κ2) is 5.91. The van der Waals surface area contributed by atoms with Crippen molar-refractivity contribution >= 4 is 11.6 Å². The third-order valence-electron chi connectivity index (χ3n) is 3.49. The topological polar surface area (TPSA) is 55.9 Å². The van der Waals surface area contributed by atoms with E-state index in [0.717, 1.165) is 22.4 Å². The lowest BCUT2D eigenvalue weighted by atomic mass is 9.96. The zero-order valence-corrected chi connectivity index (χ0v) is 12.5. The molecule has 0 spiro atoms. The van der Waals surface area contributed by atoms with Crippen molar-refractivity contribution < 1.29 is 4.39 Å². The highest BCUT2D eigenvalue weighted by Gasteiger charge is 2.19. The number of hydrogen-bond acceptors (Lipinski definition) is 3. The standard InChI is InChI=1S/C14H18ClFN4/c1-8-6-10(16)4-5-11(8)13(18-17)7-12-9(2)19-20(3)14(12)15/h4-6,13,18H,7,17H2,1-3H3. The summed E-state index contributed by atoms with van der Waals surface area (Å²) in [6.45, 7) is 3.77. The van der Waals surface area contributed by atoms with Gasteiger partial charge in [0.15, 0.2) is 0 Å². The SMILES string of the molecule is Cc1cc(F)ccc1C(Cc1c(C)nn(C)c1Cl)NN. The van der Waals surface area contributed by atoms with Crippen molar-refractivity contribution in [3.05, 3.63) is 51.6 Å². The predicted molar refractivity (Wildman–Crippen MR) is 77.9 cm³/mol. The molecule has 1 aromatic carbocycles. The minimum absolute atomic E-state index is 0.143. The Bertz CT molecular complexity index is 624.